The molecule has 4 fully saturated rings. The summed E-state index contributed by atoms with van der Waals surface area (Å²) in [5.41, 5.74) is 5.61. The standard InChI is InChI=1S/C20H22N2O2/c1-3-10-8-22-16-7-13(10)14-9-24-20(19(14)22)17-12-5-4-11(23-2)6-15(12)21-18(16)17/h3-6,13-14,16,19-21H,7-9H2,1-2H3/b10-3-/t13?,14-,16+,19-,20-/m1/s1. The van der Waals surface area contributed by atoms with Crippen molar-refractivity contribution in [2.24, 2.45) is 11.8 Å². The molecule has 1 aromatic heterocycles. The summed E-state index contributed by atoms with van der Waals surface area (Å²) in [7, 11) is 1.73. The second kappa shape index (κ2) is 4.44. The maximum Gasteiger partial charge on any atom is 0.120 e. The first-order valence-electron chi connectivity index (χ1n) is 9.02. The molecule has 1 N–H and O–H groups in total. The van der Waals surface area contributed by atoms with Crippen molar-refractivity contribution in [2.75, 3.05) is 20.3 Å². The second-order valence-corrected chi connectivity index (χ2v) is 7.67. The Morgan fingerprint density at radius 2 is 2.29 bits per heavy atom. The molecule has 0 aliphatic carbocycles. The van der Waals surface area contributed by atoms with Crippen LogP contribution in [0.25, 0.3) is 10.9 Å². The monoisotopic (exact) mass is 322 g/mol. The smallest absolute Gasteiger partial charge is 0.120 e. The first-order chi connectivity index (χ1) is 11.8. The lowest BCUT2D eigenvalue weighted by molar-refractivity contribution is -0.0332. The minimum atomic E-state index is 0.226. The van der Waals surface area contributed by atoms with Gasteiger partial charge in [0.2, 0.25) is 0 Å². The number of piperidine rings is 3. The summed E-state index contributed by atoms with van der Waals surface area (Å²) in [4.78, 5) is 6.44. The van der Waals surface area contributed by atoms with Gasteiger partial charge in [0, 0.05) is 46.7 Å². The molecule has 2 unspecified atom stereocenters. The molecular formula is C20H22N2O2. The Labute approximate surface area is 141 Å². The van der Waals surface area contributed by atoms with Crippen LogP contribution in [-0.4, -0.2) is 36.2 Å². The van der Waals surface area contributed by atoms with E-state index < -0.39 is 0 Å². The normalized spacial score (nSPS) is 40.3. The average Bonchev–Trinajstić information content (AvgIpc) is 3.23. The molecule has 6 heterocycles. The van der Waals surface area contributed by atoms with E-state index in [4.69, 9.17) is 9.47 Å². The number of hydrogen-bond donors (Lipinski definition) is 1. The molecule has 5 aliphatic heterocycles. The summed E-state index contributed by atoms with van der Waals surface area (Å²) in [6.45, 7) is 4.22. The number of aromatic nitrogens is 1. The maximum absolute atomic E-state index is 6.39. The lowest BCUT2D eigenvalue weighted by Gasteiger charge is -2.56. The van der Waals surface area contributed by atoms with E-state index in [1.807, 2.05) is 0 Å². The maximum atomic E-state index is 6.39. The van der Waals surface area contributed by atoms with Gasteiger partial charge in [-0.3, -0.25) is 4.90 Å². The molecule has 4 bridgehead atoms. The van der Waals surface area contributed by atoms with Crippen molar-refractivity contribution in [3.05, 3.63) is 41.1 Å². The Hall–Kier alpha value is -1.78. The van der Waals surface area contributed by atoms with E-state index in [1.54, 1.807) is 12.7 Å². The third-order valence-corrected chi connectivity index (χ3v) is 6.90. The molecule has 24 heavy (non-hydrogen) atoms. The van der Waals surface area contributed by atoms with Crippen LogP contribution in [0, 0.1) is 11.8 Å². The molecule has 4 saturated heterocycles. The predicted molar refractivity (Wildman–Crippen MR) is 92.1 cm³/mol. The second-order valence-electron chi connectivity index (χ2n) is 7.67. The van der Waals surface area contributed by atoms with Crippen molar-refractivity contribution >= 4 is 10.9 Å². The molecule has 4 nitrogen and oxygen atoms in total. The summed E-state index contributed by atoms with van der Waals surface area (Å²) >= 11 is 0. The van der Waals surface area contributed by atoms with Crippen LogP contribution in [0.15, 0.2) is 29.8 Å². The van der Waals surface area contributed by atoms with Crippen LogP contribution in [-0.2, 0) is 4.74 Å². The molecule has 1 aromatic carbocycles. The van der Waals surface area contributed by atoms with Crippen molar-refractivity contribution < 1.29 is 9.47 Å². The van der Waals surface area contributed by atoms with Gasteiger partial charge >= 0.3 is 0 Å². The van der Waals surface area contributed by atoms with Crippen LogP contribution in [0.5, 0.6) is 5.75 Å². The molecule has 4 heteroatoms. The number of methoxy groups -OCH3 is 1. The van der Waals surface area contributed by atoms with Gasteiger partial charge in [-0.1, -0.05) is 11.6 Å². The number of benzene rings is 1. The van der Waals surface area contributed by atoms with Gasteiger partial charge < -0.3 is 14.5 Å². The quantitative estimate of drug-likeness (QED) is 0.816. The highest BCUT2D eigenvalue weighted by molar-refractivity contribution is 5.87. The Morgan fingerprint density at radius 1 is 1.38 bits per heavy atom. The molecule has 124 valence electrons. The van der Waals surface area contributed by atoms with Crippen LogP contribution in [0.4, 0.5) is 0 Å². The fourth-order valence-electron chi connectivity index (χ4n) is 5.90. The van der Waals surface area contributed by atoms with Crippen molar-refractivity contribution in [3.8, 4) is 5.75 Å². The number of hydrogen-bond acceptors (Lipinski definition) is 3. The third kappa shape index (κ3) is 1.43. The number of aromatic amines is 1. The number of nitrogens with one attached hydrogen (secondary N) is 1. The van der Waals surface area contributed by atoms with Gasteiger partial charge in [-0.2, -0.15) is 0 Å². The lowest BCUT2D eigenvalue weighted by Crippen LogP contribution is -2.59. The van der Waals surface area contributed by atoms with Gasteiger partial charge in [-0.05, 0) is 31.4 Å². The summed E-state index contributed by atoms with van der Waals surface area (Å²) in [5.74, 6) is 2.28. The topological polar surface area (TPSA) is 37.5 Å². The van der Waals surface area contributed by atoms with Gasteiger partial charge in [0.1, 0.15) is 11.9 Å². The van der Waals surface area contributed by atoms with E-state index in [9.17, 15) is 0 Å². The van der Waals surface area contributed by atoms with E-state index in [0.29, 0.717) is 23.9 Å². The minimum Gasteiger partial charge on any atom is -0.497 e. The van der Waals surface area contributed by atoms with Crippen molar-refractivity contribution in [1.29, 1.82) is 0 Å². The van der Waals surface area contributed by atoms with Crippen LogP contribution in [0.3, 0.4) is 0 Å². The largest absolute Gasteiger partial charge is 0.497 e. The SMILES string of the molecule is C/C=C1/CN2[C@H]3[C@@H]4OC[C@@H]3C1C[C@H]2c1[nH]c2cc(OC)ccc2c14. The number of ether oxygens (including phenoxy) is 2. The fraction of sp³-hybridized carbons (Fsp3) is 0.500. The molecule has 7 rings (SSSR count). The summed E-state index contributed by atoms with van der Waals surface area (Å²) in [6.07, 6.45) is 3.80. The molecule has 2 aromatic rings. The predicted octanol–water partition coefficient (Wildman–Crippen LogP) is 3.57. The first kappa shape index (κ1) is 13.5. The average molecular weight is 322 g/mol. The minimum absolute atomic E-state index is 0.226. The number of H-pyrrole nitrogens is 1. The Morgan fingerprint density at radius 3 is 3.12 bits per heavy atom. The molecule has 0 saturated carbocycles. The van der Waals surface area contributed by atoms with Gasteiger partial charge in [0.25, 0.3) is 0 Å². The number of fused-ring (bicyclic) bond motifs is 5. The van der Waals surface area contributed by atoms with Gasteiger partial charge in [-0.25, -0.2) is 0 Å². The molecule has 0 radical (unpaired) electrons. The van der Waals surface area contributed by atoms with Crippen LogP contribution in [0.1, 0.15) is 36.7 Å². The Balaban J connectivity index is 1.59. The summed E-state index contributed by atoms with van der Waals surface area (Å²) in [6, 6.07) is 7.47. The van der Waals surface area contributed by atoms with E-state index in [-0.39, 0.29) is 6.10 Å². The van der Waals surface area contributed by atoms with E-state index in [1.165, 1.54) is 28.6 Å². The zero-order valence-electron chi connectivity index (χ0n) is 14.1. The lowest BCUT2D eigenvalue weighted by atomic mass is 9.64. The van der Waals surface area contributed by atoms with Crippen LogP contribution >= 0.6 is 0 Å². The number of nitrogens with zero attached hydrogens (tertiary/aromatic N) is 1. The molecule has 0 spiro atoms. The van der Waals surface area contributed by atoms with E-state index in [0.717, 1.165) is 18.9 Å². The van der Waals surface area contributed by atoms with Crippen molar-refractivity contribution in [1.82, 2.24) is 9.88 Å². The Kier molecular flexibility index (Phi) is 2.50. The first-order valence-corrected chi connectivity index (χ1v) is 9.02. The highest BCUT2D eigenvalue weighted by Crippen LogP contribution is 2.60. The summed E-state index contributed by atoms with van der Waals surface area (Å²) in [5, 5.41) is 1.32. The number of allylic oxidation sites excluding steroid dienone is 1. The third-order valence-electron chi connectivity index (χ3n) is 6.90. The zero-order chi connectivity index (χ0) is 16.0. The molecule has 0 amide bonds. The van der Waals surface area contributed by atoms with Crippen molar-refractivity contribution in [2.45, 2.75) is 31.5 Å². The fourth-order valence-corrected chi connectivity index (χ4v) is 5.90. The molecule has 5 aliphatic rings. The molecular weight excluding hydrogens is 300 g/mol. The Bertz CT molecular complexity index is 883. The van der Waals surface area contributed by atoms with Gasteiger partial charge in [0.15, 0.2) is 0 Å². The van der Waals surface area contributed by atoms with E-state index >= 15 is 0 Å². The van der Waals surface area contributed by atoms with Gasteiger partial charge in [-0.15, -0.1) is 0 Å². The van der Waals surface area contributed by atoms with Gasteiger partial charge in [0.05, 0.1) is 19.8 Å². The van der Waals surface area contributed by atoms with Crippen molar-refractivity contribution in [3.63, 3.8) is 0 Å². The zero-order valence-corrected chi connectivity index (χ0v) is 14.1. The molecule has 6 atom stereocenters. The highest BCUT2D eigenvalue weighted by Gasteiger charge is 2.59. The van der Waals surface area contributed by atoms with E-state index in [2.05, 4.69) is 41.1 Å². The van der Waals surface area contributed by atoms with Crippen LogP contribution < -0.4 is 4.74 Å². The summed E-state index contributed by atoms with van der Waals surface area (Å²) < 4.78 is 11.8. The highest BCUT2D eigenvalue weighted by atomic mass is 16.5. The van der Waals surface area contributed by atoms with Crippen LogP contribution in [0.2, 0.25) is 0 Å². The number of rotatable bonds is 1.